The van der Waals surface area contributed by atoms with Crippen molar-refractivity contribution in [3.63, 3.8) is 0 Å². The van der Waals surface area contributed by atoms with Crippen LogP contribution < -0.4 is 0 Å². The smallest absolute Gasteiger partial charge is 0.132 e. The second kappa shape index (κ2) is 10.2. The van der Waals surface area contributed by atoms with Crippen LogP contribution >= 0.6 is 0 Å². The molecule has 1 fully saturated rings. The Bertz CT molecular complexity index is 746. The molecule has 1 aliphatic heterocycles. The number of ether oxygens (including phenoxy) is 2. The summed E-state index contributed by atoms with van der Waals surface area (Å²) in [6.07, 6.45) is 5.74. The Hall–Kier alpha value is -1.71. The Kier molecular flexibility index (Phi) is 7.64. The lowest BCUT2D eigenvalue weighted by Crippen LogP contribution is -2.28. The SMILES string of the molecule is CCCCOC1CCC(c2ccc(CCc3ccc(C)cc3)c(C)c2F)OC1. The van der Waals surface area contributed by atoms with E-state index in [-0.39, 0.29) is 18.0 Å². The molecular weight excluding hydrogens is 351 g/mol. The summed E-state index contributed by atoms with van der Waals surface area (Å²) in [6.45, 7) is 7.49. The van der Waals surface area contributed by atoms with Crippen molar-refractivity contribution >= 4 is 0 Å². The van der Waals surface area contributed by atoms with Crippen LogP contribution in [0.15, 0.2) is 36.4 Å². The molecule has 0 saturated carbocycles. The van der Waals surface area contributed by atoms with Gasteiger partial charge in [0.05, 0.1) is 18.8 Å². The van der Waals surface area contributed by atoms with E-state index in [2.05, 4.69) is 44.2 Å². The molecule has 0 amide bonds. The van der Waals surface area contributed by atoms with E-state index in [0.29, 0.717) is 12.2 Å². The van der Waals surface area contributed by atoms with E-state index < -0.39 is 0 Å². The van der Waals surface area contributed by atoms with Gasteiger partial charge in [0.15, 0.2) is 0 Å². The van der Waals surface area contributed by atoms with Crippen LogP contribution in [0.3, 0.4) is 0 Å². The third kappa shape index (κ3) is 5.42. The maximum atomic E-state index is 15.1. The first-order valence-corrected chi connectivity index (χ1v) is 10.6. The molecule has 28 heavy (non-hydrogen) atoms. The molecular formula is C25H33FO2. The first-order valence-electron chi connectivity index (χ1n) is 10.6. The molecule has 0 aromatic heterocycles. The molecule has 0 bridgehead atoms. The summed E-state index contributed by atoms with van der Waals surface area (Å²) >= 11 is 0. The molecule has 2 aromatic carbocycles. The highest BCUT2D eigenvalue weighted by atomic mass is 19.1. The molecule has 152 valence electrons. The molecule has 1 aliphatic rings. The lowest BCUT2D eigenvalue weighted by Gasteiger charge is -2.30. The second-order valence-electron chi connectivity index (χ2n) is 7.98. The molecule has 2 unspecified atom stereocenters. The molecule has 0 radical (unpaired) electrons. The largest absolute Gasteiger partial charge is 0.376 e. The quantitative estimate of drug-likeness (QED) is 0.500. The van der Waals surface area contributed by atoms with Crippen LogP contribution in [0.4, 0.5) is 4.39 Å². The second-order valence-corrected chi connectivity index (χ2v) is 7.98. The van der Waals surface area contributed by atoms with Gasteiger partial charge in [0, 0.05) is 12.2 Å². The van der Waals surface area contributed by atoms with Gasteiger partial charge < -0.3 is 9.47 Å². The van der Waals surface area contributed by atoms with Crippen molar-refractivity contribution in [1.82, 2.24) is 0 Å². The minimum atomic E-state index is -0.157. The zero-order chi connectivity index (χ0) is 19.9. The maximum Gasteiger partial charge on any atom is 0.132 e. The molecule has 3 rings (SSSR count). The third-order valence-corrected chi connectivity index (χ3v) is 5.76. The number of halogens is 1. The van der Waals surface area contributed by atoms with Crippen LogP contribution in [0.2, 0.25) is 0 Å². The van der Waals surface area contributed by atoms with Gasteiger partial charge >= 0.3 is 0 Å². The van der Waals surface area contributed by atoms with Gasteiger partial charge in [-0.1, -0.05) is 55.3 Å². The average molecular weight is 385 g/mol. The first-order chi connectivity index (χ1) is 13.6. The van der Waals surface area contributed by atoms with Gasteiger partial charge in [-0.3, -0.25) is 0 Å². The topological polar surface area (TPSA) is 18.5 Å². The van der Waals surface area contributed by atoms with Gasteiger partial charge in [0.1, 0.15) is 5.82 Å². The number of hydrogen-bond acceptors (Lipinski definition) is 2. The lowest BCUT2D eigenvalue weighted by atomic mass is 9.93. The van der Waals surface area contributed by atoms with Crippen LogP contribution in [0.25, 0.3) is 0 Å². The van der Waals surface area contributed by atoms with E-state index >= 15 is 4.39 Å². The van der Waals surface area contributed by atoms with Crippen LogP contribution in [-0.2, 0) is 22.3 Å². The standard InChI is InChI=1S/C25H33FO2/c1-4-5-16-27-22-13-15-24(28-17-22)23-14-12-21(19(3)25(23)26)11-10-20-8-6-18(2)7-9-20/h6-9,12,14,22,24H,4-5,10-11,13,15-17H2,1-3H3. The van der Waals surface area contributed by atoms with Crippen LogP contribution in [0, 0.1) is 19.7 Å². The average Bonchev–Trinajstić information content (AvgIpc) is 2.71. The number of aryl methyl sites for hydroxylation is 3. The van der Waals surface area contributed by atoms with Crippen molar-refractivity contribution in [2.75, 3.05) is 13.2 Å². The summed E-state index contributed by atoms with van der Waals surface area (Å²) < 4.78 is 26.9. The molecule has 3 heteroatoms. The summed E-state index contributed by atoms with van der Waals surface area (Å²) in [5.41, 5.74) is 5.09. The Morgan fingerprint density at radius 3 is 2.50 bits per heavy atom. The summed E-state index contributed by atoms with van der Waals surface area (Å²) in [4.78, 5) is 0. The Labute approximate surface area is 169 Å². The zero-order valence-electron chi connectivity index (χ0n) is 17.5. The van der Waals surface area contributed by atoms with Gasteiger partial charge in [0.2, 0.25) is 0 Å². The van der Waals surface area contributed by atoms with E-state index in [1.807, 2.05) is 13.0 Å². The van der Waals surface area contributed by atoms with Gasteiger partial charge in [-0.05, 0) is 62.6 Å². The summed E-state index contributed by atoms with van der Waals surface area (Å²) in [6, 6.07) is 12.6. The molecule has 1 saturated heterocycles. The monoisotopic (exact) mass is 384 g/mol. The van der Waals surface area contributed by atoms with Crippen molar-refractivity contribution in [3.05, 3.63) is 70.0 Å². The third-order valence-electron chi connectivity index (χ3n) is 5.76. The number of hydrogen-bond donors (Lipinski definition) is 0. The van der Waals surface area contributed by atoms with Crippen molar-refractivity contribution < 1.29 is 13.9 Å². The van der Waals surface area contributed by atoms with Gasteiger partial charge in [-0.25, -0.2) is 4.39 Å². The van der Waals surface area contributed by atoms with Gasteiger partial charge in [-0.2, -0.15) is 0 Å². The normalized spacial score (nSPS) is 19.7. The van der Waals surface area contributed by atoms with Crippen molar-refractivity contribution in [1.29, 1.82) is 0 Å². The Morgan fingerprint density at radius 1 is 1.04 bits per heavy atom. The van der Waals surface area contributed by atoms with Crippen molar-refractivity contribution in [2.45, 2.75) is 71.5 Å². The fourth-order valence-electron chi connectivity index (χ4n) is 3.80. The number of unbranched alkanes of at least 4 members (excludes halogenated alkanes) is 1. The van der Waals surface area contributed by atoms with E-state index in [1.54, 1.807) is 0 Å². The minimum Gasteiger partial charge on any atom is -0.376 e. The van der Waals surface area contributed by atoms with Crippen molar-refractivity contribution in [2.24, 2.45) is 0 Å². The van der Waals surface area contributed by atoms with Gasteiger partial charge in [-0.15, -0.1) is 0 Å². The highest BCUT2D eigenvalue weighted by molar-refractivity contribution is 5.35. The van der Waals surface area contributed by atoms with Crippen molar-refractivity contribution in [3.8, 4) is 0 Å². The Balaban J connectivity index is 1.58. The van der Waals surface area contributed by atoms with E-state index in [9.17, 15) is 0 Å². The van der Waals surface area contributed by atoms with Gasteiger partial charge in [0.25, 0.3) is 0 Å². The summed E-state index contributed by atoms with van der Waals surface area (Å²) in [5.74, 6) is -0.100. The van der Waals surface area contributed by atoms with E-state index in [4.69, 9.17) is 9.47 Å². The minimum absolute atomic E-state index is 0.100. The number of benzene rings is 2. The van der Waals surface area contributed by atoms with E-state index in [0.717, 1.165) is 56.3 Å². The zero-order valence-corrected chi connectivity index (χ0v) is 17.5. The lowest BCUT2D eigenvalue weighted by molar-refractivity contribution is -0.0880. The fourth-order valence-corrected chi connectivity index (χ4v) is 3.80. The van der Waals surface area contributed by atoms with Crippen LogP contribution in [0.5, 0.6) is 0 Å². The molecule has 0 aliphatic carbocycles. The molecule has 0 spiro atoms. The first kappa shape index (κ1) is 21.0. The summed E-state index contributed by atoms with van der Waals surface area (Å²) in [5, 5.41) is 0. The molecule has 1 heterocycles. The molecule has 0 N–H and O–H groups in total. The fraction of sp³-hybridized carbons (Fsp3) is 0.520. The maximum absolute atomic E-state index is 15.1. The molecule has 2 aromatic rings. The van der Waals surface area contributed by atoms with E-state index in [1.165, 1.54) is 11.1 Å². The summed E-state index contributed by atoms with van der Waals surface area (Å²) in [7, 11) is 0. The molecule has 2 nitrogen and oxygen atoms in total. The predicted molar refractivity (Wildman–Crippen MR) is 112 cm³/mol. The highest BCUT2D eigenvalue weighted by Gasteiger charge is 2.26. The highest BCUT2D eigenvalue weighted by Crippen LogP contribution is 2.33. The van der Waals surface area contributed by atoms with Crippen LogP contribution in [0.1, 0.15) is 66.5 Å². The Morgan fingerprint density at radius 2 is 1.82 bits per heavy atom. The number of rotatable bonds is 8. The van der Waals surface area contributed by atoms with Crippen LogP contribution in [-0.4, -0.2) is 19.3 Å². The molecule has 2 atom stereocenters. The predicted octanol–water partition coefficient (Wildman–Crippen LogP) is 6.26.